The molecule has 84 valence electrons. The van der Waals surface area contributed by atoms with Gasteiger partial charge in [0, 0.05) is 25.5 Å². The molecule has 4 nitrogen and oxygen atoms in total. The molecule has 0 amide bonds. The summed E-state index contributed by atoms with van der Waals surface area (Å²) in [5.74, 6) is 0.979. The van der Waals surface area contributed by atoms with Crippen molar-refractivity contribution in [1.82, 2.24) is 9.55 Å². The predicted molar refractivity (Wildman–Crippen MR) is 60.0 cm³/mol. The summed E-state index contributed by atoms with van der Waals surface area (Å²) in [6.45, 7) is 4.91. The number of hydrogen-bond donors (Lipinski definition) is 1. The van der Waals surface area contributed by atoms with Crippen LogP contribution in [0.3, 0.4) is 0 Å². The quantitative estimate of drug-likeness (QED) is 0.823. The molecule has 1 aliphatic heterocycles. The van der Waals surface area contributed by atoms with Gasteiger partial charge >= 0.3 is 0 Å². The minimum atomic E-state index is 0.428. The van der Waals surface area contributed by atoms with Crippen molar-refractivity contribution in [3.05, 3.63) is 12.4 Å². The molecule has 4 heteroatoms. The van der Waals surface area contributed by atoms with E-state index in [1.165, 1.54) is 6.42 Å². The molecule has 15 heavy (non-hydrogen) atoms. The SMILES string of the molecule is CCCn1ccnc1NC1CCCOC1. The lowest BCUT2D eigenvalue weighted by molar-refractivity contribution is 0.0873. The van der Waals surface area contributed by atoms with Crippen molar-refractivity contribution in [2.45, 2.75) is 38.8 Å². The van der Waals surface area contributed by atoms with Crippen LogP contribution in [-0.2, 0) is 11.3 Å². The first-order valence-corrected chi connectivity index (χ1v) is 5.75. The van der Waals surface area contributed by atoms with Gasteiger partial charge in [-0.15, -0.1) is 0 Å². The number of aromatic nitrogens is 2. The van der Waals surface area contributed by atoms with Gasteiger partial charge in [0.1, 0.15) is 0 Å². The number of nitrogens with one attached hydrogen (secondary N) is 1. The van der Waals surface area contributed by atoms with Gasteiger partial charge in [-0.3, -0.25) is 0 Å². The molecule has 0 bridgehead atoms. The Labute approximate surface area is 90.6 Å². The first kappa shape index (κ1) is 10.5. The van der Waals surface area contributed by atoms with Crippen molar-refractivity contribution < 1.29 is 4.74 Å². The van der Waals surface area contributed by atoms with Crippen LogP contribution in [0.25, 0.3) is 0 Å². The molecule has 2 heterocycles. The van der Waals surface area contributed by atoms with Crippen LogP contribution in [-0.4, -0.2) is 28.8 Å². The topological polar surface area (TPSA) is 39.1 Å². The number of anilines is 1. The maximum absolute atomic E-state index is 5.43. The van der Waals surface area contributed by atoms with Gasteiger partial charge in [-0.25, -0.2) is 4.98 Å². The fourth-order valence-electron chi connectivity index (χ4n) is 1.91. The Morgan fingerprint density at radius 1 is 1.67 bits per heavy atom. The highest BCUT2D eigenvalue weighted by Crippen LogP contribution is 2.13. The van der Waals surface area contributed by atoms with E-state index in [-0.39, 0.29) is 0 Å². The van der Waals surface area contributed by atoms with Crippen LogP contribution in [0.15, 0.2) is 12.4 Å². The molecule has 0 aromatic carbocycles. The van der Waals surface area contributed by atoms with Gasteiger partial charge < -0.3 is 14.6 Å². The highest BCUT2D eigenvalue weighted by molar-refractivity contribution is 5.27. The summed E-state index contributed by atoms with van der Waals surface area (Å²) >= 11 is 0. The lowest BCUT2D eigenvalue weighted by Crippen LogP contribution is -2.31. The normalized spacial score (nSPS) is 21.5. The summed E-state index contributed by atoms with van der Waals surface area (Å²) in [6.07, 6.45) is 7.33. The predicted octanol–water partition coefficient (Wildman–Crippen LogP) is 1.88. The molecule has 1 atom stereocenters. The number of nitrogens with zero attached hydrogens (tertiary/aromatic N) is 2. The Balaban J connectivity index is 1.93. The molecule has 0 aliphatic carbocycles. The van der Waals surface area contributed by atoms with Crippen LogP contribution >= 0.6 is 0 Å². The average Bonchev–Trinajstić information content (AvgIpc) is 2.68. The molecule has 1 aromatic rings. The monoisotopic (exact) mass is 209 g/mol. The second-order valence-corrected chi connectivity index (χ2v) is 4.00. The molecule has 1 fully saturated rings. The Hall–Kier alpha value is -1.03. The summed E-state index contributed by atoms with van der Waals surface area (Å²) in [5, 5.41) is 3.44. The van der Waals surface area contributed by atoms with Crippen LogP contribution < -0.4 is 5.32 Å². The van der Waals surface area contributed by atoms with Crippen molar-refractivity contribution in [1.29, 1.82) is 0 Å². The molecular formula is C11H19N3O. The van der Waals surface area contributed by atoms with Crippen LogP contribution in [0.1, 0.15) is 26.2 Å². The maximum Gasteiger partial charge on any atom is 0.203 e. The average molecular weight is 209 g/mol. The molecule has 0 radical (unpaired) electrons. The molecular weight excluding hydrogens is 190 g/mol. The van der Waals surface area contributed by atoms with E-state index in [0.717, 1.165) is 38.5 Å². The van der Waals surface area contributed by atoms with E-state index >= 15 is 0 Å². The smallest absolute Gasteiger partial charge is 0.203 e. The number of ether oxygens (including phenoxy) is 1. The Morgan fingerprint density at radius 2 is 2.60 bits per heavy atom. The lowest BCUT2D eigenvalue weighted by atomic mass is 10.1. The number of hydrogen-bond acceptors (Lipinski definition) is 3. The zero-order valence-electron chi connectivity index (χ0n) is 9.28. The third-order valence-electron chi connectivity index (χ3n) is 2.67. The summed E-state index contributed by atoms with van der Waals surface area (Å²) < 4.78 is 7.59. The summed E-state index contributed by atoms with van der Waals surface area (Å²) in [4.78, 5) is 4.33. The van der Waals surface area contributed by atoms with Crippen molar-refractivity contribution in [3.63, 3.8) is 0 Å². The third-order valence-corrected chi connectivity index (χ3v) is 2.67. The van der Waals surface area contributed by atoms with Gasteiger partial charge in [-0.2, -0.15) is 0 Å². The molecule has 0 spiro atoms. The Morgan fingerprint density at radius 3 is 3.33 bits per heavy atom. The third kappa shape index (κ3) is 2.72. The van der Waals surface area contributed by atoms with E-state index < -0.39 is 0 Å². The van der Waals surface area contributed by atoms with Gasteiger partial charge in [0.2, 0.25) is 5.95 Å². The molecule has 1 saturated heterocycles. The largest absolute Gasteiger partial charge is 0.379 e. The first-order valence-electron chi connectivity index (χ1n) is 5.75. The van der Waals surface area contributed by atoms with E-state index in [1.807, 2.05) is 12.4 Å². The molecule has 1 N–H and O–H groups in total. The van der Waals surface area contributed by atoms with E-state index in [4.69, 9.17) is 4.74 Å². The van der Waals surface area contributed by atoms with Gasteiger partial charge in [-0.05, 0) is 19.3 Å². The number of aryl methyl sites for hydroxylation is 1. The van der Waals surface area contributed by atoms with E-state index in [2.05, 4.69) is 21.8 Å². The van der Waals surface area contributed by atoms with Crippen LogP contribution in [0.2, 0.25) is 0 Å². The number of rotatable bonds is 4. The van der Waals surface area contributed by atoms with Gasteiger partial charge in [-0.1, -0.05) is 6.92 Å². The summed E-state index contributed by atoms with van der Waals surface area (Å²) in [7, 11) is 0. The fourth-order valence-corrected chi connectivity index (χ4v) is 1.91. The zero-order chi connectivity index (χ0) is 10.5. The van der Waals surface area contributed by atoms with Crippen LogP contribution in [0.5, 0.6) is 0 Å². The molecule has 0 saturated carbocycles. The lowest BCUT2D eigenvalue weighted by Gasteiger charge is -2.23. The van der Waals surface area contributed by atoms with E-state index in [1.54, 1.807) is 0 Å². The fraction of sp³-hybridized carbons (Fsp3) is 0.727. The van der Waals surface area contributed by atoms with E-state index in [0.29, 0.717) is 6.04 Å². The second kappa shape index (κ2) is 5.16. The molecule has 2 rings (SSSR count). The van der Waals surface area contributed by atoms with Crippen molar-refractivity contribution in [3.8, 4) is 0 Å². The molecule has 1 aromatic heterocycles. The molecule has 1 aliphatic rings. The highest BCUT2D eigenvalue weighted by atomic mass is 16.5. The summed E-state index contributed by atoms with van der Waals surface area (Å²) in [5.41, 5.74) is 0. The zero-order valence-corrected chi connectivity index (χ0v) is 9.28. The van der Waals surface area contributed by atoms with Crippen LogP contribution in [0, 0.1) is 0 Å². The highest BCUT2D eigenvalue weighted by Gasteiger charge is 2.15. The first-order chi connectivity index (χ1) is 7.40. The summed E-state index contributed by atoms with van der Waals surface area (Å²) in [6, 6.07) is 0.428. The Bertz CT molecular complexity index is 292. The van der Waals surface area contributed by atoms with Gasteiger partial charge in [0.25, 0.3) is 0 Å². The Kier molecular flexibility index (Phi) is 3.61. The second-order valence-electron chi connectivity index (χ2n) is 4.00. The van der Waals surface area contributed by atoms with Crippen LogP contribution in [0.4, 0.5) is 5.95 Å². The van der Waals surface area contributed by atoms with Crippen molar-refractivity contribution in [2.75, 3.05) is 18.5 Å². The minimum absolute atomic E-state index is 0.428. The van der Waals surface area contributed by atoms with E-state index in [9.17, 15) is 0 Å². The van der Waals surface area contributed by atoms with Gasteiger partial charge in [0.15, 0.2) is 0 Å². The van der Waals surface area contributed by atoms with Gasteiger partial charge in [0.05, 0.1) is 12.6 Å². The minimum Gasteiger partial charge on any atom is -0.379 e. The number of imidazole rings is 1. The molecule has 1 unspecified atom stereocenters. The standard InChI is InChI=1S/C11H19N3O/c1-2-6-14-7-5-12-11(14)13-10-4-3-8-15-9-10/h5,7,10H,2-4,6,8-9H2,1H3,(H,12,13). The maximum atomic E-state index is 5.43. The van der Waals surface area contributed by atoms with Crippen molar-refractivity contribution in [2.24, 2.45) is 0 Å². The van der Waals surface area contributed by atoms with Crippen molar-refractivity contribution >= 4 is 5.95 Å².